The number of nitrogens with one attached hydrogen (secondary N) is 2. The Morgan fingerprint density at radius 3 is 2.77 bits per heavy atom. The van der Waals surface area contributed by atoms with Crippen LogP contribution < -0.4 is 10.2 Å². The van der Waals surface area contributed by atoms with Crippen molar-refractivity contribution in [3.63, 3.8) is 0 Å². The van der Waals surface area contributed by atoms with E-state index < -0.39 is 0 Å². The summed E-state index contributed by atoms with van der Waals surface area (Å²) in [5.74, 6) is 2.38. The smallest absolute Gasteiger partial charge is 0.163 e. The zero-order chi connectivity index (χ0) is 26.3. The van der Waals surface area contributed by atoms with Crippen molar-refractivity contribution in [2.75, 3.05) is 18.0 Å². The van der Waals surface area contributed by atoms with Crippen LogP contribution in [0.4, 0.5) is 5.82 Å². The van der Waals surface area contributed by atoms with Crippen LogP contribution in [0.15, 0.2) is 36.1 Å². The van der Waals surface area contributed by atoms with Crippen molar-refractivity contribution in [1.29, 1.82) is 0 Å². The van der Waals surface area contributed by atoms with Gasteiger partial charge in [0.05, 0.1) is 28.1 Å². The molecule has 9 heteroatoms. The van der Waals surface area contributed by atoms with Crippen molar-refractivity contribution in [3.05, 3.63) is 46.7 Å². The molecule has 0 aromatic carbocycles. The summed E-state index contributed by atoms with van der Waals surface area (Å²) >= 11 is 1.70. The summed E-state index contributed by atoms with van der Waals surface area (Å²) in [4.78, 5) is 30.7. The van der Waals surface area contributed by atoms with Crippen LogP contribution >= 0.6 is 11.3 Å². The summed E-state index contributed by atoms with van der Waals surface area (Å²) in [6, 6.07) is 5.21. The van der Waals surface area contributed by atoms with Crippen molar-refractivity contribution < 1.29 is 0 Å². The Labute approximate surface area is 231 Å². The molecule has 5 aromatic heterocycles. The number of H-pyrrole nitrogens is 1. The maximum atomic E-state index is 5.36. The van der Waals surface area contributed by atoms with Gasteiger partial charge in [-0.15, -0.1) is 11.3 Å². The molecule has 2 aliphatic heterocycles. The van der Waals surface area contributed by atoms with Gasteiger partial charge in [-0.05, 0) is 55.8 Å². The molecule has 1 saturated carbocycles. The molecule has 1 aliphatic carbocycles. The van der Waals surface area contributed by atoms with Crippen LogP contribution in [0.25, 0.3) is 44.7 Å². The summed E-state index contributed by atoms with van der Waals surface area (Å²) in [6.07, 6.45) is 10.6. The standard InChI is InChI=1S/C30H32N8S/c1-30(2,3)29-36-23(15-39-29)21-12-18-17(6-9-33-26(18)34-21)27-35-22-14-31-13-19(16-4-5-16)25(22)28(37-27)38-11-8-20-24(38)7-10-32-20/h6,9,12-16,20,24,32H,4-5,7-8,10-11H2,1-3H3,(H,33,34)/t20-,24-/m1/s1. The van der Waals surface area contributed by atoms with Gasteiger partial charge in [0.25, 0.3) is 0 Å². The van der Waals surface area contributed by atoms with Crippen LogP contribution in [-0.2, 0) is 5.41 Å². The Morgan fingerprint density at radius 1 is 1.05 bits per heavy atom. The largest absolute Gasteiger partial charge is 0.351 e. The van der Waals surface area contributed by atoms with E-state index >= 15 is 0 Å². The molecule has 8 nitrogen and oxygen atoms in total. The average Bonchev–Trinajstić information content (AvgIpc) is 3.31. The minimum Gasteiger partial charge on any atom is -0.351 e. The lowest BCUT2D eigenvalue weighted by Crippen LogP contribution is -2.35. The zero-order valence-corrected chi connectivity index (χ0v) is 23.3. The zero-order valence-electron chi connectivity index (χ0n) is 22.5. The maximum absolute atomic E-state index is 5.36. The van der Waals surface area contributed by atoms with Crippen LogP contribution in [0.3, 0.4) is 0 Å². The molecule has 2 atom stereocenters. The quantitative estimate of drug-likeness (QED) is 0.299. The first-order valence-corrected chi connectivity index (χ1v) is 14.9. The lowest BCUT2D eigenvalue weighted by Gasteiger charge is -2.27. The number of rotatable bonds is 4. The lowest BCUT2D eigenvalue weighted by molar-refractivity contribution is 0.586. The highest BCUT2D eigenvalue weighted by Crippen LogP contribution is 2.46. The van der Waals surface area contributed by atoms with E-state index in [1.807, 2.05) is 18.5 Å². The predicted octanol–water partition coefficient (Wildman–Crippen LogP) is 5.81. The molecule has 8 rings (SSSR count). The minimum atomic E-state index is 0.0183. The fraction of sp³-hybridized carbons (Fsp3) is 0.433. The Balaban J connectivity index is 1.29. The van der Waals surface area contributed by atoms with Gasteiger partial charge in [-0.2, -0.15) is 0 Å². The number of aromatic amines is 1. The van der Waals surface area contributed by atoms with Crippen LogP contribution in [0, 0.1) is 0 Å². The van der Waals surface area contributed by atoms with Crippen LogP contribution in [0.2, 0.25) is 0 Å². The fourth-order valence-electron chi connectivity index (χ4n) is 6.35. The number of hydrogen-bond donors (Lipinski definition) is 2. The number of fused-ring (bicyclic) bond motifs is 3. The first-order valence-electron chi connectivity index (χ1n) is 14.0. The van der Waals surface area contributed by atoms with E-state index in [9.17, 15) is 0 Å². The minimum absolute atomic E-state index is 0.0183. The van der Waals surface area contributed by atoms with Crippen molar-refractivity contribution in [1.82, 2.24) is 35.2 Å². The maximum Gasteiger partial charge on any atom is 0.163 e. The fourth-order valence-corrected chi connectivity index (χ4v) is 7.26. The van der Waals surface area contributed by atoms with Gasteiger partial charge < -0.3 is 15.2 Å². The number of hydrogen-bond acceptors (Lipinski definition) is 8. The average molecular weight is 537 g/mol. The van der Waals surface area contributed by atoms with Crippen molar-refractivity contribution >= 4 is 39.1 Å². The monoisotopic (exact) mass is 536 g/mol. The molecule has 0 amide bonds. The highest BCUT2D eigenvalue weighted by atomic mass is 32.1. The van der Waals surface area contributed by atoms with Crippen LogP contribution in [-0.4, -0.2) is 55.1 Å². The molecule has 0 spiro atoms. The molecule has 2 N–H and O–H groups in total. The number of pyridine rings is 2. The van der Waals surface area contributed by atoms with Gasteiger partial charge in [0.1, 0.15) is 11.5 Å². The molecular formula is C30H32N8S. The van der Waals surface area contributed by atoms with E-state index in [2.05, 4.69) is 63.6 Å². The van der Waals surface area contributed by atoms with Gasteiger partial charge >= 0.3 is 0 Å². The van der Waals surface area contributed by atoms with Crippen molar-refractivity contribution in [3.8, 4) is 22.8 Å². The third-order valence-corrected chi connectivity index (χ3v) is 9.76. The van der Waals surface area contributed by atoms with Gasteiger partial charge in [-0.1, -0.05) is 20.8 Å². The molecule has 2 saturated heterocycles. The first-order chi connectivity index (χ1) is 18.9. The Hall–Kier alpha value is -3.43. The number of thiazole rings is 1. The number of nitrogens with zero attached hydrogens (tertiary/aromatic N) is 6. The van der Waals surface area contributed by atoms with Crippen LogP contribution in [0.1, 0.15) is 62.9 Å². The third-order valence-electron chi connectivity index (χ3n) is 8.49. The Morgan fingerprint density at radius 2 is 1.95 bits per heavy atom. The predicted molar refractivity (Wildman–Crippen MR) is 156 cm³/mol. The number of aromatic nitrogens is 6. The van der Waals surface area contributed by atoms with Gasteiger partial charge in [-0.3, -0.25) is 4.98 Å². The SMILES string of the molecule is CC(C)(C)c1nc(-c2cc3c(-c4nc(N5CC[C@H]6NCC[C@H]65)c5c(C6CC6)cncc5n4)ccnc3[nH]2)cs1. The van der Waals surface area contributed by atoms with Gasteiger partial charge in [0.2, 0.25) is 0 Å². The summed E-state index contributed by atoms with van der Waals surface area (Å²) in [5, 5.41) is 9.15. The van der Waals surface area contributed by atoms with Gasteiger partial charge in [0.15, 0.2) is 5.82 Å². The van der Waals surface area contributed by atoms with Gasteiger partial charge in [-0.25, -0.2) is 19.9 Å². The highest BCUT2D eigenvalue weighted by molar-refractivity contribution is 7.10. The van der Waals surface area contributed by atoms with Gasteiger partial charge in [0, 0.05) is 58.2 Å². The molecule has 0 bridgehead atoms. The van der Waals surface area contributed by atoms with E-state index in [1.165, 1.54) is 23.8 Å². The number of anilines is 1. The van der Waals surface area contributed by atoms with E-state index in [0.717, 1.165) is 76.1 Å². The molecule has 39 heavy (non-hydrogen) atoms. The Kier molecular flexibility index (Phi) is 5.13. The third kappa shape index (κ3) is 3.85. The molecule has 0 radical (unpaired) electrons. The Bertz CT molecular complexity index is 1730. The second-order valence-electron chi connectivity index (χ2n) is 12.3. The molecule has 5 aromatic rings. The second kappa shape index (κ2) is 8.53. The normalized spacial score (nSPS) is 21.4. The first kappa shape index (κ1) is 23.5. The summed E-state index contributed by atoms with van der Waals surface area (Å²) in [7, 11) is 0. The molecule has 198 valence electrons. The van der Waals surface area contributed by atoms with Crippen molar-refractivity contribution in [2.45, 2.75) is 69.9 Å². The molecule has 3 aliphatic rings. The van der Waals surface area contributed by atoms with E-state index in [0.29, 0.717) is 18.0 Å². The van der Waals surface area contributed by atoms with E-state index in [1.54, 1.807) is 11.3 Å². The molecule has 0 unspecified atom stereocenters. The second-order valence-corrected chi connectivity index (χ2v) is 13.1. The lowest BCUT2D eigenvalue weighted by atomic mass is 9.98. The highest BCUT2D eigenvalue weighted by Gasteiger charge is 2.40. The topological polar surface area (TPSA) is 95.5 Å². The van der Waals surface area contributed by atoms with Crippen LogP contribution in [0.5, 0.6) is 0 Å². The molecule has 7 heterocycles. The van der Waals surface area contributed by atoms with E-state index in [-0.39, 0.29) is 5.41 Å². The van der Waals surface area contributed by atoms with Crippen molar-refractivity contribution in [2.24, 2.45) is 0 Å². The summed E-state index contributed by atoms with van der Waals surface area (Å²) in [5.41, 5.74) is 5.98. The van der Waals surface area contributed by atoms with E-state index in [4.69, 9.17) is 15.0 Å². The molecule has 3 fully saturated rings. The molecular weight excluding hydrogens is 504 g/mol. The summed E-state index contributed by atoms with van der Waals surface area (Å²) < 4.78 is 0. The summed E-state index contributed by atoms with van der Waals surface area (Å²) in [6.45, 7) is 8.68.